The highest BCUT2D eigenvalue weighted by Gasteiger charge is 2.50. The predicted molar refractivity (Wildman–Crippen MR) is 82.3 cm³/mol. The van der Waals surface area contributed by atoms with Crippen LogP contribution in [-0.4, -0.2) is 12.5 Å². The molecule has 4 aliphatic rings. The monoisotopic (exact) mass is 277 g/mol. The van der Waals surface area contributed by atoms with E-state index in [1.165, 1.54) is 44.9 Å². The molecule has 4 fully saturated rings. The Bertz CT molecular complexity index is 323. The van der Waals surface area contributed by atoms with E-state index >= 15 is 0 Å². The zero-order valence-electron chi connectivity index (χ0n) is 13.3. The highest BCUT2D eigenvalue weighted by molar-refractivity contribution is 5.78. The minimum Gasteiger partial charge on any atom is -0.356 e. The third-order valence-corrected chi connectivity index (χ3v) is 6.48. The molecule has 0 atom stereocenters. The van der Waals surface area contributed by atoms with E-state index in [4.69, 9.17) is 0 Å². The number of carbonyl (C=O) groups is 1. The summed E-state index contributed by atoms with van der Waals surface area (Å²) in [5.41, 5.74) is 0.607. The molecule has 0 heterocycles. The van der Waals surface area contributed by atoms with Gasteiger partial charge in [0.25, 0.3) is 0 Å². The van der Waals surface area contributed by atoms with E-state index in [2.05, 4.69) is 19.2 Å². The van der Waals surface area contributed by atoms with Crippen molar-refractivity contribution >= 4 is 5.91 Å². The van der Waals surface area contributed by atoms with Gasteiger partial charge in [0, 0.05) is 12.5 Å². The molecular weight excluding hydrogens is 246 g/mol. The summed E-state index contributed by atoms with van der Waals surface area (Å²) in [6.45, 7) is 5.15. The van der Waals surface area contributed by atoms with Gasteiger partial charge in [-0.15, -0.1) is 0 Å². The lowest BCUT2D eigenvalue weighted by Crippen LogP contribution is -2.47. The molecule has 114 valence electrons. The van der Waals surface area contributed by atoms with Gasteiger partial charge in [0.1, 0.15) is 0 Å². The fourth-order valence-corrected chi connectivity index (χ4v) is 5.85. The Morgan fingerprint density at radius 1 is 1.05 bits per heavy atom. The average molecular weight is 277 g/mol. The largest absolute Gasteiger partial charge is 0.356 e. The quantitative estimate of drug-likeness (QED) is 0.776. The van der Waals surface area contributed by atoms with Gasteiger partial charge in [0.2, 0.25) is 5.91 Å². The Kier molecular flexibility index (Phi) is 4.10. The molecule has 2 heteroatoms. The van der Waals surface area contributed by atoms with Crippen LogP contribution in [0, 0.1) is 29.1 Å². The maximum absolute atomic E-state index is 12.1. The number of amides is 1. The van der Waals surface area contributed by atoms with Gasteiger partial charge < -0.3 is 5.32 Å². The van der Waals surface area contributed by atoms with Gasteiger partial charge in [-0.3, -0.25) is 4.79 Å². The maximum atomic E-state index is 12.1. The van der Waals surface area contributed by atoms with E-state index in [1.54, 1.807) is 0 Å². The van der Waals surface area contributed by atoms with E-state index < -0.39 is 0 Å². The molecule has 4 bridgehead atoms. The first-order chi connectivity index (χ1) is 9.64. The van der Waals surface area contributed by atoms with Crippen LogP contribution < -0.4 is 5.32 Å². The topological polar surface area (TPSA) is 29.1 Å². The van der Waals surface area contributed by atoms with Crippen molar-refractivity contribution in [3.8, 4) is 0 Å². The Balaban J connectivity index is 1.50. The minimum absolute atomic E-state index is 0.228. The zero-order valence-corrected chi connectivity index (χ0v) is 13.3. The molecule has 0 aromatic carbocycles. The van der Waals surface area contributed by atoms with E-state index in [9.17, 15) is 4.79 Å². The number of carbonyl (C=O) groups excluding carboxylic acids is 1. The molecule has 0 aromatic heterocycles. The smallest absolute Gasteiger partial charge is 0.223 e. The molecule has 0 radical (unpaired) electrons. The standard InChI is InChI=1S/C18H31NO/c1-3-16(4-2)17(20)19-6-5-18-10-13-7-14(11-18)9-15(8-13)12-18/h13-16H,3-12H2,1-2H3,(H,19,20). The summed E-state index contributed by atoms with van der Waals surface area (Å²) in [5.74, 6) is 3.59. The van der Waals surface area contributed by atoms with Gasteiger partial charge in [-0.05, 0) is 81.0 Å². The predicted octanol–water partition coefficient (Wildman–Crippen LogP) is 4.15. The van der Waals surface area contributed by atoms with Gasteiger partial charge in [0.15, 0.2) is 0 Å². The van der Waals surface area contributed by atoms with E-state index in [1.807, 2.05) is 0 Å². The maximum Gasteiger partial charge on any atom is 0.223 e. The average Bonchev–Trinajstić information content (AvgIpc) is 2.38. The van der Waals surface area contributed by atoms with Crippen molar-refractivity contribution in [2.75, 3.05) is 6.54 Å². The van der Waals surface area contributed by atoms with Gasteiger partial charge >= 0.3 is 0 Å². The first-order valence-corrected chi connectivity index (χ1v) is 8.92. The van der Waals surface area contributed by atoms with E-state index in [0.717, 1.165) is 37.1 Å². The molecular formula is C18H31NO. The minimum atomic E-state index is 0.228. The molecule has 20 heavy (non-hydrogen) atoms. The van der Waals surface area contributed by atoms with E-state index in [-0.39, 0.29) is 5.92 Å². The van der Waals surface area contributed by atoms with Crippen molar-refractivity contribution in [1.29, 1.82) is 0 Å². The van der Waals surface area contributed by atoms with Crippen LogP contribution >= 0.6 is 0 Å². The molecule has 0 aliphatic heterocycles. The zero-order chi connectivity index (χ0) is 14.2. The summed E-state index contributed by atoms with van der Waals surface area (Å²) < 4.78 is 0. The van der Waals surface area contributed by atoms with Crippen LogP contribution in [0.25, 0.3) is 0 Å². The summed E-state index contributed by atoms with van der Waals surface area (Å²) in [6, 6.07) is 0. The second-order valence-electron chi connectivity index (χ2n) is 7.97. The van der Waals surface area contributed by atoms with Crippen LogP contribution in [0.2, 0.25) is 0 Å². The lowest BCUT2D eigenvalue weighted by atomic mass is 9.49. The van der Waals surface area contributed by atoms with E-state index in [0.29, 0.717) is 11.3 Å². The molecule has 4 aliphatic carbocycles. The first kappa shape index (κ1) is 14.4. The van der Waals surface area contributed by atoms with Crippen molar-refractivity contribution < 1.29 is 4.79 Å². The summed E-state index contributed by atoms with van der Waals surface area (Å²) in [6.07, 6.45) is 12.1. The second kappa shape index (κ2) is 5.69. The molecule has 0 spiro atoms. The normalized spacial score (nSPS) is 38.5. The Morgan fingerprint density at radius 3 is 2.00 bits per heavy atom. The van der Waals surface area contributed by atoms with Gasteiger partial charge in [0.05, 0.1) is 0 Å². The molecule has 1 amide bonds. The second-order valence-corrected chi connectivity index (χ2v) is 7.97. The Morgan fingerprint density at radius 2 is 1.55 bits per heavy atom. The highest BCUT2D eigenvalue weighted by Crippen LogP contribution is 2.61. The molecule has 1 N–H and O–H groups in total. The van der Waals surface area contributed by atoms with Crippen molar-refractivity contribution in [3.63, 3.8) is 0 Å². The first-order valence-electron chi connectivity index (χ1n) is 8.92. The summed E-state index contributed by atoms with van der Waals surface area (Å²) in [4.78, 5) is 12.1. The van der Waals surface area contributed by atoms with Crippen LogP contribution in [-0.2, 0) is 4.79 Å². The van der Waals surface area contributed by atoms with Gasteiger partial charge in [-0.25, -0.2) is 0 Å². The lowest BCUT2D eigenvalue weighted by molar-refractivity contribution is -0.125. The van der Waals surface area contributed by atoms with Gasteiger partial charge in [-0.2, -0.15) is 0 Å². The molecule has 4 saturated carbocycles. The molecule has 0 saturated heterocycles. The Labute approximate surface area is 124 Å². The van der Waals surface area contributed by atoms with Crippen LogP contribution in [0.15, 0.2) is 0 Å². The molecule has 0 unspecified atom stereocenters. The molecule has 4 rings (SSSR count). The van der Waals surface area contributed by atoms with Crippen LogP contribution in [0.5, 0.6) is 0 Å². The number of hydrogen-bond acceptors (Lipinski definition) is 1. The summed E-state index contributed by atoms with van der Waals surface area (Å²) >= 11 is 0. The van der Waals surface area contributed by atoms with Crippen LogP contribution in [0.1, 0.15) is 71.6 Å². The fourth-order valence-electron chi connectivity index (χ4n) is 5.85. The van der Waals surface area contributed by atoms with Crippen molar-refractivity contribution in [2.24, 2.45) is 29.1 Å². The van der Waals surface area contributed by atoms with Crippen LogP contribution in [0.3, 0.4) is 0 Å². The third kappa shape index (κ3) is 2.76. The third-order valence-electron chi connectivity index (χ3n) is 6.48. The lowest BCUT2D eigenvalue weighted by Gasteiger charge is -2.57. The fraction of sp³-hybridized carbons (Fsp3) is 0.944. The summed E-state index contributed by atoms with van der Waals surface area (Å²) in [7, 11) is 0. The summed E-state index contributed by atoms with van der Waals surface area (Å²) in [5, 5.41) is 3.22. The van der Waals surface area contributed by atoms with Crippen molar-refractivity contribution in [1.82, 2.24) is 5.32 Å². The Hall–Kier alpha value is -0.530. The SMILES string of the molecule is CCC(CC)C(=O)NCCC12CC3CC(CC(C3)C1)C2. The van der Waals surface area contributed by atoms with Crippen molar-refractivity contribution in [2.45, 2.75) is 71.6 Å². The van der Waals surface area contributed by atoms with Gasteiger partial charge in [-0.1, -0.05) is 13.8 Å². The number of hydrogen-bond donors (Lipinski definition) is 1. The van der Waals surface area contributed by atoms with Crippen LogP contribution in [0.4, 0.5) is 0 Å². The number of rotatable bonds is 6. The number of nitrogens with one attached hydrogen (secondary N) is 1. The molecule has 2 nitrogen and oxygen atoms in total. The van der Waals surface area contributed by atoms with Crippen molar-refractivity contribution in [3.05, 3.63) is 0 Å². The highest BCUT2D eigenvalue weighted by atomic mass is 16.1. The molecule has 0 aromatic rings.